The van der Waals surface area contributed by atoms with Crippen LogP contribution in [-0.4, -0.2) is 37.4 Å². The van der Waals surface area contributed by atoms with Crippen molar-refractivity contribution < 1.29 is 13.2 Å². The second-order valence-corrected chi connectivity index (χ2v) is 8.11. The number of rotatable bonds is 4. The molecule has 0 aromatic heterocycles. The summed E-state index contributed by atoms with van der Waals surface area (Å²) < 4.78 is 26.6. The minimum absolute atomic E-state index is 0.154. The number of hydrogen-bond donors (Lipinski definition) is 1. The third kappa shape index (κ3) is 3.57. The highest BCUT2D eigenvalue weighted by molar-refractivity contribution is 7.89. The first-order valence-corrected chi connectivity index (χ1v) is 9.55. The van der Waals surface area contributed by atoms with Crippen LogP contribution in [-0.2, 0) is 10.0 Å². The van der Waals surface area contributed by atoms with E-state index in [1.807, 2.05) is 13.0 Å². The Morgan fingerprint density at radius 2 is 1.96 bits per heavy atom. The smallest absolute Gasteiger partial charge is 0.267 e. The summed E-state index contributed by atoms with van der Waals surface area (Å²) in [6.07, 6.45) is 5.48. The topological polar surface area (TPSA) is 78.8 Å². The van der Waals surface area contributed by atoms with Crippen LogP contribution in [0.5, 0.6) is 0 Å². The molecule has 1 aromatic rings. The second kappa shape index (κ2) is 6.86. The number of hydrogen-bond acceptors (Lipinski definition) is 4. The fourth-order valence-electron chi connectivity index (χ4n) is 2.90. The van der Waals surface area contributed by atoms with Crippen molar-refractivity contribution >= 4 is 21.6 Å². The average Bonchev–Trinajstić information content (AvgIpc) is 3.24. The predicted octanol–water partition coefficient (Wildman–Crippen LogP) is 2.30. The number of benzene rings is 1. The zero-order valence-corrected chi connectivity index (χ0v) is 14.5. The summed E-state index contributed by atoms with van der Waals surface area (Å²) in [6, 6.07) is 6.12. The molecular weight excluding hydrogens is 326 g/mol. The lowest BCUT2D eigenvalue weighted by atomic mass is 10.2. The van der Waals surface area contributed by atoms with Crippen LogP contribution in [0.25, 0.3) is 0 Å². The molecule has 1 aliphatic carbocycles. The molecule has 0 saturated carbocycles. The number of sulfonamides is 1. The zero-order chi connectivity index (χ0) is 17.2. The van der Waals surface area contributed by atoms with Crippen molar-refractivity contribution in [2.75, 3.05) is 13.1 Å². The minimum atomic E-state index is -3.52. The van der Waals surface area contributed by atoms with Gasteiger partial charge in [-0.25, -0.2) is 13.8 Å². The molecule has 128 valence electrons. The number of carbonyl (C=O) groups is 1. The number of nitrogens with one attached hydrogen (secondary N) is 1. The van der Waals surface area contributed by atoms with E-state index in [0.717, 1.165) is 31.4 Å². The third-order valence-corrected chi connectivity index (χ3v) is 6.18. The van der Waals surface area contributed by atoms with Gasteiger partial charge in [-0.1, -0.05) is 11.6 Å². The van der Waals surface area contributed by atoms with Gasteiger partial charge >= 0.3 is 0 Å². The Labute approximate surface area is 142 Å². The first-order valence-electron chi connectivity index (χ1n) is 8.11. The quantitative estimate of drug-likeness (QED) is 0.849. The fraction of sp³-hybridized carbons (Fsp3) is 0.412. The van der Waals surface area contributed by atoms with Gasteiger partial charge < -0.3 is 0 Å². The Bertz CT molecular complexity index is 806. The first kappa shape index (κ1) is 16.9. The van der Waals surface area contributed by atoms with Gasteiger partial charge in [0, 0.05) is 18.7 Å². The molecule has 1 N–H and O–H groups in total. The van der Waals surface area contributed by atoms with Gasteiger partial charge in [0.1, 0.15) is 0 Å². The molecular formula is C17H21N3O3S. The van der Waals surface area contributed by atoms with Crippen LogP contribution in [0, 0.1) is 0 Å². The summed E-state index contributed by atoms with van der Waals surface area (Å²) in [7, 11) is -3.52. The molecule has 7 heteroatoms. The molecule has 1 heterocycles. The molecule has 0 bridgehead atoms. The molecule has 1 fully saturated rings. The zero-order valence-electron chi connectivity index (χ0n) is 13.7. The van der Waals surface area contributed by atoms with Crippen LogP contribution in [0.1, 0.15) is 43.0 Å². The number of amides is 1. The molecule has 0 spiro atoms. The maximum atomic E-state index is 12.6. The molecule has 0 atom stereocenters. The molecule has 0 radical (unpaired) electrons. The second-order valence-electron chi connectivity index (χ2n) is 6.17. The summed E-state index contributed by atoms with van der Waals surface area (Å²) >= 11 is 0. The Morgan fingerprint density at radius 3 is 2.62 bits per heavy atom. The van der Waals surface area contributed by atoms with Crippen LogP contribution in [0.3, 0.4) is 0 Å². The van der Waals surface area contributed by atoms with Crippen LogP contribution < -0.4 is 5.43 Å². The molecule has 2 aliphatic rings. The Morgan fingerprint density at radius 1 is 1.21 bits per heavy atom. The Hall–Kier alpha value is -1.99. The standard InChI is InChI=1S/C17H21N3O3S/c1-13-7-8-15(11-13)18-19-17(21)14-5-4-6-16(12-14)24(22,23)20-9-2-3-10-20/h4-6,11-12H,2-3,7-10H2,1H3,(H,19,21)/b18-15+. The van der Waals surface area contributed by atoms with Gasteiger partial charge in [-0.05, 0) is 56.9 Å². The molecule has 24 heavy (non-hydrogen) atoms. The lowest BCUT2D eigenvalue weighted by Gasteiger charge is -2.15. The van der Waals surface area contributed by atoms with Gasteiger partial charge in [-0.15, -0.1) is 0 Å². The van der Waals surface area contributed by atoms with Gasteiger partial charge in [0.2, 0.25) is 10.0 Å². The summed E-state index contributed by atoms with van der Waals surface area (Å²) in [5.41, 5.74) is 4.87. The molecule has 1 aliphatic heterocycles. The van der Waals surface area contributed by atoms with E-state index in [0.29, 0.717) is 18.7 Å². The number of nitrogens with zero attached hydrogens (tertiary/aromatic N) is 2. The third-order valence-electron chi connectivity index (χ3n) is 4.29. The van der Waals surface area contributed by atoms with E-state index in [1.54, 1.807) is 12.1 Å². The normalized spacial score (nSPS) is 20.4. The van der Waals surface area contributed by atoms with Crippen LogP contribution in [0.2, 0.25) is 0 Å². The van der Waals surface area contributed by atoms with E-state index in [1.165, 1.54) is 22.0 Å². The molecule has 1 aromatic carbocycles. The summed E-state index contributed by atoms with van der Waals surface area (Å²) in [6.45, 7) is 3.10. The van der Waals surface area contributed by atoms with E-state index in [9.17, 15) is 13.2 Å². The number of hydrazone groups is 1. The highest BCUT2D eigenvalue weighted by atomic mass is 32.2. The monoisotopic (exact) mass is 347 g/mol. The van der Waals surface area contributed by atoms with E-state index < -0.39 is 15.9 Å². The predicted molar refractivity (Wildman–Crippen MR) is 92.3 cm³/mol. The maximum Gasteiger partial charge on any atom is 0.271 e. The largest absolute Gasteiger partial charge is 0.271 e. The van der Waals surface area contributed by atoms with Crippen molar-refractivity contribution in [2.24, 2.45) is 5.10 Å². The average molecular weight is 347 g/mol. The van der Waals surface area contributed by atoms with E-state index >= 15 is 0 Å². The van der Waals surface area contributed by atoms with Gasteiger partial charge in [-0.2, -0.15) is 9.41 Å². The summed E-state index contributed by atoms with van der Waals surface area (Å²) in [5.74, 6) is -0.404. The number of carbonyl (C=O) groups excluding carboxylic acids is 1. The Balaban J connectivity index is 1.76. The highest BCUT2D eigenvalue weighted by Gasteiger charge is 2.27. The lowest BCUT2D eigenvalue weighted by molar-refractivity contribution is 0.0954. The SMILES string of the molecule is CC1=C/C(=N/NC(=O)c2cccc(S(=O)(=O)N3CCCC3)c2)CC1. The first-order chi connectivity index (χ1) is 11.5. The molecule has 0 unspecified atom stereocenters. The fourth-order valence-corrected chi connectivity index (χ4v) is 4.47. The molecule has 3 rings (SSSR count). The van der Waals surface area contributed by atoms with Crippen molar-refractivity contribution in [2.45, 2.75) is 37.5 Å². The summed E-state index contributed by atoms with van der Waals surface area (Å²) in [5, 5.41) is 4.10. The summed E-state index contributed by atoms with van der Waals surface area (Å²) in [4.78, 5) is 12.4. The minimum Gasteiger partial charge on any atom is -0.267 e. The van der Waals surface area contributed by atoms with Crippen LogP contribution >= 0.6 is 0 Å². The molecule has 1 saturated heterocycles. The van der Waals surface area contributed by atoms with Crippen molar-refractivity contribution in [1.82, 2.24) is 9.73 Å². The molecule has 6 nitrogen and oxygen atoms in total. The Kier molecular flexibility index (Phi) is 4.82. The van der Waals surface area contributed by atoms with E-state index in [2.05, 4.69) is 10.5 Å². The van der Waals surface area contributed by atoms with Crippen molar-refractivity contribution in [3.8, 4) is 0 Å². The van der Waals surface area contributed by atoms with E-state index in [4.69, 9.17) is 0 Å². The van der Waals surface area contributed by atoms with Gasteiger partial charge in [0.25, 0.3) is 5.91 Å². The van der Waals surface area contributed by atoms with Crippen molar-refractivity contribution in [1.29, 1.82) is 0 Å². The number of allylic oxidation sites excluding steroid dienone is 2. The van der Waals surface area contributed by atoms with Crippen LogP contribution in [0.4, 0.5) is 0 Å². The van der Waals surface area contributed by atoms with Gasteiger partial charge in [0.15, 0.2) is 0 Å². The lowest BCUT2D eigenvalue weighted by Crippen LogP contribution is -2.28. The molecule has 1 amide bonds. The van der Waals surface area contributed by atoms with Gasteiger partial charge in [-0.3, -0.25) is 4.79 Å². The van der Waals surface area contributed by atoms with Crippen LogP contribution in [0.15, 0.2) is 45.9 Å². The van der Waals surface area contributed by atoms with Gasteiger partial charge in [0.05, 0.1) is 10.6 Å². The van der Waals surface area contributed by atoms with Crippen molar-refractivity contribution in [3.63, 3.8) is 0 Å². The maximum absolute atomic E-state index is 12.6. The highest BCUT2D eigenvalue weighted by Crippen LogP contribution is 2.21. The van der Waals surface area contributed by atoms with Crippen molar-refractivity contribution in [3.05, 3.63) is 41.5 Å². The van der Waals surface area contributed by atoms with E-state index in [-0.39, 0.29) is 4.90 Å².